The van der Waals surface area contributed by atoms with Crippen LogP contribution in [-0.4, -0.2) is 37.7 Å². The second-order valence-corrected chi connectivity index (χ2v) is 0. The smallest absolute Gasteiger partial charge is 0 e. The summed E-state index contributed by atoms with van der Waals surface area (Å²) in [6.45, 7) is 0. The Labute approximate surface area is 89.3 Å². The van der Waals surface area contributed by atoms with Gasteiger partial charge in [-0.3, -0.25) is 0 Å². The standard InChI is InChI=1S/Ca.Co.Mn.Zn. The summed E-state index contributed by atoms with van der Waals surface area (Å²) in [6, 6.07) is 0. The Morgan fingerprint density at radius 3 is 1.00 bits per heavy atom. The van der Waals surface area contributed by atoms with Crippen LogP contribution in [-0.2, 0) is 53.3 Å². The van der Waals surface area contributed by atoms with Gasteiger partial charge in [0, 0.05) is 91.1 Å². The molecule has 0 rings (SSSR count). The molecule has 0 atom stereocenters. The fraction of sp³-hybridized carbons (Fsp3) is 0. The van der Waals surface area contributed by atoms with Crippen LogP contribution < -0.4 is 0 Å². The minimum Gasteiger partial charge on any atom is 0 e. The zero-order valence-corrected chi connectivity index (χ0v) is 9.52. The Morgan fingerprint density at radius 1 is 1.00 bits per heavy atom. The molecule has 20 valence electrons. The van der Waals surface area contributed by atoms with Gasteiger partial charge in [-0.05, 0) is 0 Å². The quantitative estimate of drug-likeness (QED) is 0.487. The van der Waals surface area contributed by atoms with Crippen molar-refractivity contribution >= 4 is 37.7 Å². The Bertz CT molecular complexity index is 8.00. The van der Waals surface area contributed by atoms with E-state index >= 15 is 0 Å². The van der Waals surface area contributed by atoms with Gasteiger partial charge in [0.2, 0.25) is 0 Å². The van der Waals surface area contributed by atoms with Crippen LogP contribution in [0.3, 0.4) is 0 Å². The van der Waals surface area contributed by atoms with E-state index < -0.39 is 0 Å². The second-order valence-electron chi connectivity index (χ2n) is 0. The van der Waals surface area contributed by atoms with Gasteiger partial charge in [-0.2, -0.15) is 0 Å². The molecule has 0 aliphatic heterocycles. The van der Waals surface area contributed by atoms with E-state index in [1.807, 2.05) is 0 Å². The first-order chi connectivity index (χ1) is 0. The summed E-state index contributed by atoms with van der Waals surface area (Å²) in [5.41, 5.74) is 0. The maximum Gasteiger partial charge on any atom is 0 e. The molecule has 0 heterocycles. The van der Waals surface area contributed by atoms with Crippen LogP contribution in [0.25, 0.3) is 0 Å². The maximum atomic E-state index is 0. The molecule has 0 bridgehead atoms. The topological polar surface area (TPSA) is 0 Å². The van der Waals surface area contributed by atoms with E-state index in [9.17, 15) is 0 Å². The first-order valence-electron chi connectivity index (χ1n) is 0. The zero-order chi connectivity index (χ0) is 0. The third kappa shape index (κ3) is 8.86. The van der Waals surface area contributed by atoms with Gasteiger partial charge < -0.3 is 0 Å². The fourth-order valence-electron chi connectivity index (χ4n) is 0. The first kappa shape index (κ1) is 28.5. The molecule has 0 N–H and O–H groups in total. The van der Waals surface area contributed by atoms with E-state index in [0.717, 1.165) is 0 Å². The summed E-state index contributed by atoms with van der Waals surface area (Å²) >= 11 is 0. The van der Waals surface area contributed by atoms with Crippen molar-refractivity contribution in [2.45, 2.75) is 0 Å². The molecule has 0 unspecified atom stereocenters. The SMILES string of the molecule is [Ca].[Co].[Mn].[Zn]. The Morgan fingerprint density at radius 2 is 1.00 bits per heavy atom. The molecule has 0 spiro atoms. The molecule has 0 saturated heterocycles. The second kappa shape index (κ2) is 16.8. The normalized spacial score (nSPS) is 0. The van der Waals surface area contributed by atoms with Crippen molar-refractivity contribution in [1.82, 2.24) is 0 Å². The Hall–Kier alpha value is 2.91. The van der Waals surface area contributed by atoms with Gasteiger partial charge in [-0.15, -0.1) is 0 Å². The van der Waals surface area contributed by atoms with Crippen LogP contribution in [0, 0.1) is 0 Å². The summed E-state index contributed by atoms with van der Waals surface area (Å²) in [5.74, 6) is 0. The molecule has 0 aromatic carbocycles. The molecular formula is CaCoMnZn. The summed E-state index contributed by atoms with van der Waals surface area (Å²) < 4.78 is 0. The zero-order valence-electron chi connectivity index (χ0n) is 2.13. The molecule has 4 radical (unpaired) electrons. The van der Waals surface area contributed by atoms with E-state index in [4.69, 9.17) is 0 Å². The predicted molar refractivity (Wildman–Crippen MR) is 5.75 cm³/mol. The number of rotatable bonds is 0. The molecule has 0 aliphatic rings. The van der Waals surface area contributed by atoms with Gasteiger partial charge in [-0.1, -0.05) is 0 Å². The number of hydrogen-bond acceptors (Lipinski definition) is 0. The average molecular weight is 219 g/mol. The number of hydrogen-bond donors (Lipinski definition) is 0. The van der Waals surface area contributed by atoms with Gasteiger partial charge >= 0.3 is 0 Å². The summed E-state index contributed by atoms with van der Waals surface area (Å²) in [7, 11) is 0. The molecule has 0 aromatic rings. The summed E-state index contributed by atoms with van der Waals surface area (Å²) in [5, 5.41) is 0. The van der Waals surface area contributed by atoms with Crippen LogP contribution in [0.1, 0.15) is 0 Å². The van der Waals surface area contributed by atoms with Crippen molar-refractivity contribution in [1.29, 1.82) is 0 Å². The predicted octanol–water partition coefficient (Wildman–Crippen LogP) is -0.388. The van der Waals surface area contributed by atoms with E-state index in [1.54, 1.807) is 0 Å². The molecule has 4 heteroatoms. The van der Waals surface area contributed by atoms with Gasteiger partial charge in [0.1, 0.15) is 0 Å². The minimum atomic E-state index is 0. The largest absolute Gasteiger partial charge is 0 e. The molecule has 0 aromatic heterocycles. The van der Waals surface area contributed by atoms with Crippen molar-refractivity contribution in [3.05, 3.63) is 0 Å². The van der Waals surface area contributed by atoms with Crippen LogP contribution in [0.15, 0.2) is 0 Å². The van der Waals surface area contributed by atoms with Crippen LogP contribution in [0.2, 0.25) is 0 Å². The molecule has 0 nitrogen and oxygen atoms in total. The van der Waals surface area contributed by atoms with Gasteiger partial charge in [-0.25, -0.2) is 0 Å². The molecule has 0 saturated carbocycles. The van der Waals surface area contributed by atoms with E-state index in [2.05, 4.69) is 0 Å². The van der Waals surface area contributed by atoms with E-state index in [1.165, 1.54) is 0 Å². The van der Waals surface area contributed by atoms with Crippen molar-refractivity contribution in [3.63, 3.8) is 0 Å². The summed E-state index contributed by atoms with van der Waals surface area (Å²) in [6.07, 6.45) is 0. The third-order valence-corrected chi connectivity index (χ3v) is 0. The minimum absolute atomic E-state index is 0. The first-order valence-corrected chi connectivity index (χ1v) is 0. The maximum absolute atomic E-state index is 0. The fourth-order valence-corrected chi connectivity index (χ4v) is 0. The van der Waals surface area contributed by atoms with Crippen LogP contribution in [0.5, 0.6) is 0 Å². The van der Waals surface area contributed by atoms with Crippen molar-refractivity contribution < 1.29 is 53.3 Å². The molecular weight excluding hydrogens is 219 g/mol. The Balaban J connectivity index is 0. The van der Waals surface area contributed by atoms with Crippen molar-refractivity contribution in [2.75, 3.05) is 0 Å². The summed E-state index contributed by atoms with van der Waals surface area (Å²) in [4.78, 5) is 0. The Kier molecular flexibility index (Phi) is 120. The average Bonchev–Trinajstić information content (AvgIpc) is 0. The van der Waals surface area contributed by atoms with Gasteiger partial charge in [0.25, 0.3) is 0 Å². The van der Waals surface area contributed by atoms with Gasteiger partial charge in [0.05, 0.1) is 0 Å². The molecule has 0 aliphatic carbocycles. The third-order valence-electron chi connectivity index (χ3n) is 0. The van der Waals surface area contributed by atoms with Crippen molar-refractivity contribution in [3.8, 4) is 0 Å². The van der Waals surface area contributed by atoms with E-state index in [0.29, 0.717) is 0 Å². The van der Waals surface area contributed by atoms with Crippen LogP contribution >= 0.6 is 0 Å². The monoisotopic (exact) mass is 218 g/mol. The van der Waals surface area contributed by atoms with Gasteiger partial charge in [0.15, 0.2) is 0 Å². The molecule has 4 heavy (non-hydrogen) atoms. The molecule has 0 amide bonds. The molecule has 0 fully saturated rings. The van der Waals surface area contributed by atoms with Crippen molar-refractivity contribution in [2.24, 2.45) is 0 Å². The van der Waals surface area contributed by atoms with E-state index in [-0.39, 0.29) is 91.1 Å². The van der Waals surface area contributed by atoms with Crippen LogP contribution in [0.4, 0.5) is 0 Å².